The van der Waals surface area contributed by atoms with Gasteiger partial charge < -0.3 is 15.0 Å². The van der Waals surface area contributed by atoms with E-state index in [-0.39, 0.29) is 11.9 Å². The van der Waals surface area contributed by atoms with Gasteiger partial charge in [-0.1, -0.05) is 35.3 Å². The minimum atomic E-state index is -0.235. The number of amides is 3. The molecule has 1 N–H and O–H groups in total. The van der Waals surface area contributed by atoms with E-state index in [1.54, 1.807) is 59.4 Å². The van der Waals surface area contributed by atoms with Gasteiger partial charge in [0.1, 0.15) is 5.75 Å². The smallest absolute Gasteiger partial charge is 0.324 e. The molecule has 0 atom stereocenters. The molecular weight excluding hydrogens is 461 g/mol. The fraction of sp³-hybridized carbons (Fsp3) is 0.200. The highest BCUT2D eigenvalue weighted by Crippen LogP contribution is 2.27. The quantitative estimate of drug-likeness (QED) is 0.461. The van der Waals surface area contributed by atoms with Crippen LogP contribution in [-0.2, 0) is 6.54 Å². The van der Waals surface area contributed by atoms with Crippen LogP contribution in [0, 0.1) is 0 Å². The van der Waals surface area contributed by atoms with Gasteiger partial charge in [-0.2, -0.15) is 0 Å². The summed E-state index contributed by atoms with van der Waals surface area (Å²) in [6.07, 6.45) is 0.829. The number of benzene rings is 3. The van der Waals surface area contributed by atoms with E-state index in [1.165, 1.54) is 0 Å². The van der Waals surface area contributed by atoms with E-state index in [4.69, 9.17) is 27.9 Å². The maximum Gasteiger partial charge on any atom is 0.324 e. The third-order valence-corrected chi connectivity index (χ3v) is 6.18. The number of hydrogen-bond donors (Lipinski definition) is 1. The van der Waals surface area contributed by atoms with Crippen molar-refractivity contribution in [2.45, 2.75) is 13.0 Å². The second-order valence-corrected chi connectivity index (χ2v) is 8.51. The third-order valence-electron chi connectivity index (χ3n) is 5.44. The molecule has 3 aromatic rings. The molecule has 8 heteroatoms. The number of methoxy groups -OCH3 is 1. The minimum absolute atomic E-state index is 0.0917. The van der Waals surface area contributed by atoms with Gasteiger partial charge >= 0.3 is 6.03 Å². The molecule has 0 spiro atoms. The Labute approximate surface area is 202 Å². The molecular formula is C25H23Cl2N3O3. The number of nitrogens with zero attached hydrogens (tertiary/aromatic N) is 2. The van der Waals surface area contributed by atoms with E-state index < -0.39 is 0 Å². The van der Waals surface area contributed by atoms with Gasteiger partial charge in [-0.15, -0.1) is 0 Å². The summed E-state index contributed by atoms with van der Waals surface area (Å²) in [5.41, 5.74) is 2.78. The van der Waals surface area contributed by atoms with Crippen molar-refractivity contribution in [3.05, 3.63) is 87.9 Å². The lowest BCUT2D eigenvalue weighted by molar-refractivity contribution is 0.102. The fourth-order valence-corrected chi connectivity index (χ4v) is 4.04. The van der Waals surface area contributed by atoms with E-state index in [1.807, 2.05) is 24.3 Å². The van der Waals surface area contributed by atoms with Crippen LogP contribution in [0.15, 0.2) is 66.7 Å². The maximum absolute atomic E-state index is 13.2. The lowest BCUT2D eigenvalue weighted by Crippen LogP contribution is -2.49. The number of carbonyl (C=O) groups is 2. The highest BCUT2D eigenvalue weighted by molar-refractivity contribution is 6.42. The number of urea groups is 1. The van der Waals surface area contributed by atoms with Crippen molar-refractivity contribution < 1.29 is 14.3 Å². The Morgan fingerprint density at radius 1 is 1.00 bits per heavy atom. The number of rotatable bonds is 6. The highest BCUT2D eigenvalue weighted by Gasteiger charge is 2.27. The normalized spacial score (nSPS) is 13.7. The summed E-state index contributed by atoms with van der Waals surface area (Å²) in [5.74, 6) is 0.448. The molecule has 0 saturated carbocycles. The van der Waals surface area contributed by atoms with Crippen LogP contribution in [-0.4, -0.2) is 37.0 Å². The van der Waals surface area contributed by atoms with Crippen LogP contribution in [0.3, 0.4) is 0 Å². The second-order valence-electron chi connectivity index (χ2n) is 7.69. The molecule has 3 amide bonds. The van der Waals surface area contributed by atoms with E-state index >= 15 is 0 Å². The van der Waals surface area contributed by atoms with Crippen molar-refractivity contribution >= 4 is 46.5 Å². The number of nitrogens with one attached hydrogen (secondary N) is 1. The SMILES string of the molecule is COc1ccc(C(=O)Nc2cccc(N3CCCN(Cc4ccc(Cl)c(Cl)c4)C3=O)c2)cc1. The Bertz CT molecular complexity index is 1170. The molecule has 0 radical (unpaired) electrons. The Morgan fingerprint density at radius 3 is 2.52 bits per heavy atom. The van der Waals surface area contributed by atoms with Crippen molar-refractivity contribution in [2.75, 3.05) is 30.4 Å². The lowest BCUT2D eigenvalue weighted by Gasteiger charge is -2.36. The second kappa shape index (κ2) is 10.1. The van der Waals surface area contributed by atoms with E-state index in [0.717, 1.165) is 17.7 Å². The van der Waals surface area contributed by atoms with Gasteiger partial charge in [0.25, 0.3) is 5.91 Å². The molecule has 33 heavy (non-hydrogen) atoms. The van der Waals surface area contributed by atoms with E-state index in [2.05, 4.69) is 5.32 Å². The summed E-state index contributed by atoms with van der Waals surface area (Å²) in [4.78, 5) is 29.3. The topological polar surface area (TPSA) is 61.9 Å². The van der Waals surface area contributed by atoms with Crippen molar-refractivity contribution in [1.29, 1.82) is 0 Å². The van der Waals surface area contributed by atoms with Gasteiger partial charge in [-0.3, -0.25) is 9.69 Å². The first-order chi connectivity index (χ1) is 15.9. The predicted molar refractivity (Wildman–Crippen MR) is 132 cm³/mol. The van der Waals surface area contributed by atoms with Crippen LogP contribution in [0.1, 0.15) is 22.3 Å². The van der Waals surface area contributed by atoms with Crippen LogP contribution >= 0.6 is 23.2 Å². The molecule has 170 valence electrons. The number of carbonyl (C=O) groups excluding carboxylic acids is 2. The number of ether oxygens (including phenoxy) is 1. The van der Waals surface area contributed by atoms with Gasteiger partial charge in [0.15, 0.2) is 0 Å². The molecule has 0 unspecified atom stereocenters. The van der Waals surface area contributed by atoms with E-state index in [0.29, 0.717) is 46.7 Å². The first kappa shape index (κ1) is 23.0. The lowest BCUT2D eigenvalue weighted by atomic mass is 10.1. The average molecular weight is 484 g/mol. The zero-order chi connectivity index (χ0) is 23.4. The first-order valence-corrected chi connectivity index (χ1v) is 11.3. The molecule has 1 heterocycles. The number of halogens is 2. The standard InChI is InChI=1S/C25H23Cl2N3O3/c1-33-21-9-7-18(8-10-21)24(31)28-19-4-2-5-20(15-19)30-13-3-12-29(25(30)32)16-17-6-11-22(26)23(27)14-17/h2,4-11,14-15H,3,12-13,16H2,1H3,(H,28,31). The third kappa shape index (κ3) is 5.41. The molecule has 1 aliphatic rings. The van der Waals surface area contributed by atoms with Crippen LogP contribution in [0.25, 0.3) is 0 Å². The highest BCUT2D eigenvalue weighted by atomic mass is 35.5. The van der Waals surface area contributed by atoms with Crippen LogP contribution in [0.4, 0.5) is 16.2 Å². The molecule has 0 aromatic heterocycles. The minimum Gasteiger partial charge on any atom is -0.497 e. The summed E-state index contributed by atoms with van der Waals surface area (Å²) in [5, 5.41) is 3.85. The molecule has 1 aliphatic heterocycles. The van der Waals surface area contributed by atoms with Crippen molar-refractivity contribution in [2.24, 2.45) is 0 Å². The summed E-state index contributed by atoms with van der Waals surface area (Å²) in [7, 11) is 1.58. The van der Waals surface area contributed by atoms with Crippen molar-refractivity contribution in [3.63, 3.8) is 0 Å². The first-order valence-electron chi connectivity index (χ1n) is 10.5. The Balaban J connectivity index is 1.46. The summed E-state index contributed by atoms with van der Waals surface area (Å²) in [6.45, 7) is 1.70. The van der Waals surface area contributed by atoms with E-state index in [9.17, 15) is 9.59 Å². The molecule has 1 saturated heterocycles. The Morgan fingerprint density at radius 2 is 1.79 bits per heavy atom. The number of hydrogen-bond acceptors (Lipinski definition) is 3. The molecule has 0 bridgehead atoms. The average Bonchev–Trinajstić information content (AvgIpc) is 2.83. The summed E-state index contributed by atoms with van der Waals surface area (Å²) >= 11 is 12.1. The van der Waals surface area contributed by atoms with Gasteiger partial charge in [0.2, 0.25) is 0 Å². The van der Waals surface area contributed by atoms with Crippen molar-refractivity contribution in [1.82, 2.24) is 4.90 Å². The van der Waals surface area contributed by atoms with Gasteiger partial charge in [-0.05, 0) is 66.6 Å². The predicted octanol–water partition coefficient (Wildman–Crippen LogP) is 6.09. The molecule has 4 rings (SSSR count). The van der Waals surface area contributed by atoms with Crippen LogP contribution in [0.5, 0.6) is 5.75 Å². The van der Waals surface area contributed by atoms with Gasteiger partial charge in [-0.25, -0.2) is 4.79 Å². The molecule has 0 aliphatic carbocycles. The monoisotopic (exact) mass is 483 g/mol. The summed E-state index contributed by atoms with van der Waals surface area (Å²) in [6, 6.07) is 19.5. The fourth-order valence-electron chi connectivity index (χ4n) is 3.72. The van der Waals surface area contributed by atoms with Crippen molar-refractivity contribution in [3.8, 4) is 5.75 Å². The van der Waals surface area contributed by atoms with Crippen LogP contribution in [0.2, 0.25) is 10.0 Å². The molecule has 3 aromatic carbocycles. The number of anilines is 2. The maximum atomic E-state index is 13.2. The molecule has 1 fully saturated rings. The zero-order valence-electron chi connectivity index (χ0n) is 18.1. The molecule has 6 nitrogen and oxygen atoms in total. The van der Waals surface area contributed by atoms with Crippen LogP contribution < -0.4 is 15.0 Å². The van der Waals surface area contributed by atoms with Gasteiger partial charge in [0.05, 0.1) is 17.2 Å². The largest absolute Gasteiger partial charge is 0.497 e. The summed E-state index contributed by atoms with van der Waals surface area (Å²) < 4.78 is 5.13. The van der Waals surface area contributed by atoms with Gasteiger partial charge in [0, 0.05) is 36.6 Å². The Kier molecular flexibility index (Phi) is 7.06. The Hall–Kier alpha value is -3.22. The zero-order valence-corrected chi connectivity index (χ0v) is 19.6.